The first kappa shape index (κ1) is 26.1. The first-order chi connectivity index (χ1) is 19.0. The lowest BCUT2D eigenvalue weighted by Gasteiger charge is -2.45. The maximum atomic E-state index is 13.6. The zero-order chi connectivity index (χ0) is 27.0. The van der Waals surface area contributed by atoms with Crippen molar-refractivity contribution in [3.63, 3.8) is 0 Å². The van der Waals surface area contributed by atoms with Crippen LogP contribution in [-0.4, -0.2) is 66.6 Å². The van der Waals surface area contributed by atoms with Gasteiger partial charge in [0.2, 0.25) is 0 Å². The van der Waals surface area contributed by atoms with Crippen molar-refractivity contribution in [3.05, 3.63) is 53.3 Å². The van der Waals surface area contributed by atoms with Crippen LogP contribution < -0.4 is 4.74 Å². The number of amidine groups is 1. The summed E-state index contributed by atoms with van der Waals surface area (Å²) in [6.07, 6.45) is 4.80. The standard InChI is InChI=1S/C31H38FN3O4/c1-3-37-28-16-27(22-7-9-25(32)10-8-22)26(21-5-6-21)15-24(28)18-34-19-31(20-34)17-29(33-39-31)35-13-11-23(12-14-35)30(36)38-4-2/h7-10,15-16,21,23H,3-6,11-14,17-20H2,1-2H3. The highest BCUT2D eigenvalue weighted by Gasteiger charge is 2.51. The molecule has 0 radical (unpaired) electrons. The molecule has 0 bridgehead atoms. The number of esters is 1. The number of hydrogen-bond donors (Lipinski definition) is 0. The minimum absolute atomic E-state index is 0.00760. The van der Waals surface area contributed by atoms with Crippen LogP contribution >= 0.6 is 0 Å². The Hall–Kier alpha value is -3.13. The molecule has 3 fully saturated rings. The fourth-order valence-electron chi connectivity index (χ4n) is 6.26. The van der Waals surface area contributed by atoms with Crippen molar-refractivity contribution in [1.29, 1.82) is 0 Å². The summed E-state index contributed by atoms with van der Waals surface area (Å²) < 4.78 is 24.9. The molecule has 0 N–H and O–H groups in total. The van der Waals surface area contributed by atoms with E-state index >= 15 is 0 Å². The van der Waals surface area contributed by atoms with E-state index in [0.29, 0.717) is 19.1 Å². The van der Waals surface area contributed by atoms with E-state index in [9.17, 15) is 9.18 Å². The molecule has 4 aliphatic rings. The van der Waals surface area contributed by atoms with Crippen LogP contribution in [-0.2, 0) is 20.9 Å². The SMILES string of the molecule is CCOC(=O)C1CCN(C2=NOC3(C2)CN(Cc2cc(C4CC4)c(-c4ccc(F)cc4)cc2OCC)C3)CC1. The third-order valence-corrected chi connectivity index (χ3v) is 8.43. The molecule has 39 heavy (non-hydrogen) atoms. The van der Waals surface area contributed by atoms with Crippen LogP contribution in [0.25, 0.3) is 11.1 Å². The van der Waals surface area contributed by atoms with E-state index < -0.39 is 0 Å². The first-order valence-electron chi connectivity index (χ1n) is 14.4. The van der Waals surface area contributed by atoms with Crippen LogP contribution in [0.2, 0.25) is 0 Å². The van der Waals surface area contributed by atoms with E-state index in [4.69, 9.17) is 14.3 Å². The molecule has 7 nitrogen and oxygen atoms in total. The largest absolute Gasteiger partial charge is 0.494 e. The minimum Gasteiger partial charge on any atom is -0.494 e. The van der Waals surface area contributed by atoms with Crippen LogP contribution in [0.4, 0.5) is 4.39 Å². The number of halogens is 1. The quantitative estimate of drug-likeness (QED) is 0.426. The molecule has 1 saturated carbocycles. The molecular formula is C31H38FN3O4. The zero-order valence-electron chi connectivity index (χ0n) is 23.0. The van der Waals surface area contributed by atoms with Crippen molar-refractivity contribution >= 4 is 11.8 Å². The molecule has 2 aromatic rings. The summed E-state index contributed by atoms with van der Waals surface area (Å²) in [4.78, 5) is 22.8. The second-order valence-electron chi connectivity index (χ2n) is 11.4. The van der Waals surface area contributed by atoms with Gasteiger partial charge in [-0.1, -0.05) is 17.3 Å². The Kier molecular flexibility index (Phi) is 7.23. The van der Waals surface area contributed by atoms with Crippen molar-refractivity contribution < 1.29 is 23.5 Å². The molecular weight excluding hydrogens is 497 g/mol. The highest BCUT2D eigenvalue weighted by Crippen LogP contribution is 2.47. The Morgan fingerprint density at radius 2 is 1.82 bits per heavy atom. The van der Waals surface area contributed by atoms with Crippen LogP contribution in [0, 0.1) is 11.7 Å². The number of carbonyl (C=O) groups excluding carboxylic acids is 1. The summed E-state index contributed by atoms with van der Waals surface area (Å²) in [5.41, 5.74) is 4.45. The molecule has 0 amide bonds. The van der Waals surface area contributed by atoms with E-state index in [2.05, 4.69) is 27.1 Å². The molecule has 1 aliphatic carbocycles. The lowest BCUT2D eigenvalue weighted by atomic mass is 9.88. The topological polar surface area (TPSA) is 63.6 Å². The Morgan fingerprint density at radius 1 is 1.08 bits per heavy atom. The molecule has 0 atom stereocenters. The van der Waals surface area contributed by atoms with Gasteiger partial charge in [-0.3, -0.25) is 9.69 Å². The molecule has 3 heterocycles. The fraction of sp³-hybridized carbons (Fsp3) is 0.548. The molecule has 1 spiro atoms. The normalized spacial score (nSPS) is 20.9. The third kappa shape index (κ3) is 5.49. The number of nitrogens with zero attached hydrogens (tertiary/aromatic N) is 3. The molecule has 2 saturated heterocycles. The third-order valence-electron chi connectivity index (χ3n) is 8.43. The van der Waals surface area contributed by atoms with Gasteiger partial charge in [-0.15, -0.1) is 0 Å². The maximum Gasteiger partial charge on any atom is 0.309 e. The first-order valence-corrected chi connectivity index (χ1v) is 14.4. The molecule has 6 rings (SSSR count). The van der Waals surface area contributed by atoms with E-state index in [1.54, 1.807) is 0 Å². The molecule has 8 heteroatoms. The highest BCUT2D eigenvalue weighted by atomic mass is 19.1. The van der Waals surface area contributed by atoms with Crippen molar-refractivity contribution in [2.45, 2.75) is 64.0 Å². The van der Waals surface area contributed by atoms with Gasteiger partial charge < -0.3 is 19.2 Å². The van der Waals surface area contributed by atoms with Crippen LogP contribution in [0.5, 0.6) is 5.75 Å². The predicted molar refractivity (Wildman–Crippen MR) is 147 cm³/mol. The number of ether oxygens (including phenoxy) is 2. The minimum atomic E-state index is -0.257. The second-order valence-corrected chi connectivity index (χ2v) is 11.4. The number of carbonyl (C=O) groups is 1. The molecule has 208 valence electrons. The van der Waals surface area contributed by atoms with E-state index in [-0.39, 0.29) is 23.3 Å². The average molecular weight is 536 g/mol. The zero-order valence-corrected chi connectivity index (χ0v) is 23.0. The van der Waals surface area contributed by atoms with Gasteiger partial charge >= 0.3 is 5.97 Å². The number of benzene rings is 2. The molecule has 0 unspecified atom stereocenters. The summed E-state index contributed by atoms with van der Waals surface area (Å²) >= 11 is 0. The summed E-state index contributed by atoms with van der Waals surface area (Å²) in [5, 5.41) is 4.47. The second kappa shape index (κ2) is 10.8. The lowest BCUT2D eigenvalue weighted by molar-refractivity contribution is -0.149. The van der Waals surface area contributed by atoms with Crippen molar-refractivity contribution in [2.24, 2.45) is 11.1 Å². The van der Waals surface area contributed by atoms with E-state index in [1.807, 2.05) is 26.0 Å². The van der Waals surface area contributed by atoms with Gasteiger partial charge in [0.1, 0.15) is 17.4 Å². The summed E-state index contributed by atoms with van der Waals surface area (Å²) in [5.74, 6) is 2.16. The lowest BCUT2D eigenvalue weighted by Crippen LogP contribution is -2.61. The van der Waals surface area contributed by atoms with Crippen molar-refractivity contribution in [1.82, 2.24) is 9.80 Å². The summed E-state index contributed by atoms with van der Waals surface area (Å²) in [7, 11) is 0. The van der Waals surface area contributed by atoms with Crippen LogP contribution in [0.15, 0.2) is 41.6 Å². The maximum absolute atomic E-state index is 13.6. The number of rotatable bonds is 8. The highest BCUT2D eigenvalue weighted by molar-refractivity contribution is 5.84. The van der Waals surface area contributed by atoms with E-state index in [1.165, 1.54) is 36.1 Å². The van der Waals surface area contributed by atoms with Gasteiger partial charge in [0, 0.05) is 38.3 Å². The molecule has 2 aromatic carbocycles. The molecule has 0 aromatic heterocycles. The Balaban J connectivity index is 1.09. The Morgan fingerprint density at radius 3 is 2.49 bits per heavy atom. The summed E-state index contributed by atoms with van der Waals surface area (Å²) in [6, 6.07) is 11.2. The number of oxime groups is 1. The number of piperidine rings is 1. The number of likely N-dealkylation sites (tertiary alicyclic amines) is 2. The monoisotopic (exact) mass is 535 g/mol. The Labute approximate surface area is 229 Å². The number of hydrogen-bond acceptors (Lipinski definition) is 7. The van der Waals surface area contributed by atoms with Gasteiger partial charge in [0.05, 0.1) is 25.6 Å². The van der Waals surface area contributed by atoms with Gasteiger partial charge in [0.15, 0.2) is 5.60 Å². The Bertz CT molecular complexity index is 1230. The summed E-state index contributed by atoms with van der Waals surface area (Å²) in [6.45, 7) is 8.96. The van der Waals surface area contributed by atoms with Crippen LogP contribution in [0.1, 0.15) is 63.0 Å². The predicted octanol–water partition coefficient (Wildman–Crippen LogP) is 5.33. The average Bonchev–Trinajstić information content (AvgIpc) is 3.68. The van der Waals surface area contributed by atoms with E-state index in [0.717, 1.165) is 74.7 Å². The smallest absolute Gasteiger partial charge is 0.309 e. The van der Waals surface area contributed by atoms with Gasteiger partial charge in [-0.25, -0.2) is 4.39 Å². The van der Waals surface area contributed by atoms with Crippen molar-refractivity contribution in [2.75, 3.05) is 39.4 Å². The van der Waals surface area contributed by atoms with Crippen LogP contribution in [0.3, 0.4) is 0 Å². The van der Waals surface area contributed by atoms with Crippen molar-refractivity contribution in [3.8, 4) is 16.9 Å². The van der Waals surface area contributed by atoms with Gasteiger partial charge in [-0.05, 0) is 86.4 Å². The van der Waals surface area contributed by atoms with Gasteiger partial charge in [0.25, 0.3) is 0 Å². The fourth-order valence-corrected chi connectivity index (χ4v) is 6.26. The van der Waals surface area contributed by atoms with Gasteiger partial charge in [-0.2, -0.15) is 0 Å². The molecule has 3 aliphatic heterocycles.